The van der Waals surface area contributed by atoms with Crippen molar-refractivity contribution in [1.29, 1.82) is 0 Å². The molecule has 0 atom stereocenters. The molecule has 100 valence electrons. The average Bonchev–Trinajstić information content (AvgIpc) is 2.78. The van der Waals surface area contributed by atoms with E-state index in [1.807, 2.05) is 6.92 Å². The number of nitrogens with zero attached hydrogens (tertiary/aromatic N) is 3. The summed E-state index contributed by atoms with van der Waals surface area (Å²) in [4.78, 5) is 15.9. The fourth-order valence-electron chi connectivity index (χ4n) is 1.56. The van der Waals surface area contributed by atoms with Gasteiger partial charge in [0, 0.05) is 12.6 Å². The highest BCUT2D eigenvalue weighted by Gasteiger charge is 2.11. The highest BCUT2D eigenvalue weighted by Crippen LogP contribution is 2.22. The van der Waals surface area contributed by atoms with E-state index < -0.39 is 0 Å². The Labute approximate surface area is 110 Å². The van der Waals surface area contributed by atoms with Crippen molar-refractivity contribution in [1.82, 2.24) is 14.8 Å². The first-order valence-corrected chi connectivity index (χ1v) is 5.79. The van der Waals surface area contributed by atoms with Crippen LogP contribution < -0.4 is 15.8 Å². The minimum Gasteiger partial charge on any atom is -0.492 e. The van der Waals surface area contributed by atoms with Crippen LogP contribution in [0.4, 0.5) is 11.6 Å². The van der Waals surface area contributed by atoms with Gasteiger partial charge in [-0.25, -0.2) is 4.68 Å². The maximum Gasteiger partial charge on any atom is 0.258 e. The van der Waals surface area contributed by atoms with Crippen molar-refractivity contribution in [2.45, 2.75) is 6.92 Å². The lowest BCUT2D eigenvalue weighted by atomic mass is 10.2. The van der Waals surface area contributed by atoms with Crippen LogP contribution in [0.25, 0.3) is 0 Å². The fourth-order valence-corrected chi connectivity index (χ4v) is 1.56. The number of aromatic nitrogens is 3. The van der Waals surface area contributed by atoms with Gasteiger partial charge < -0.3 is 10.5 Å². The molecule has 0 aliphatic rings. The van der Waals surface area contributed by atoms with E-state index in [0.717, 1.165) is 0 Å². The molecule has 1 amide bonds. The SMILES string of the molecule is CCOc1ccc(C(=O)Nc2ncnn2C)cc1N. The Morgan fingerprint density at radius 2 is 2.32 bits per heavy atom. The third-order valence-corrected chi connectivity index (χ3v) is 2.51. The number of nitrogen functional groups attached to an aromatic ring is 1. The normalized spacial score (nSPS) is 10.2. The summed E-state index contributed by atoms with van der Waals surface area (Å²) >= 11 is 0. The smallest absolute Gasteiger partial charge is 0.258 e. The molecule has 1 aromatic heterocycles. The van der Waals surface area contributed by atoms with Gasteiger partial charge in [-0.15, -0.1) is 0 Å². The van der Waals surface area contributed by atoms with Crippen molar-refractivity contribution in [2.24, 2.45) is 7.05 Å². The maximum atomic E-state index is 12.0. The van der Waals surface area contributed by atoms with E-state index in [1.54, 1.807) is 25.2 Å². The number of rotatable bonds is 4. The quantitative estimate of drug-likeness (QED) is 0.802. The van der Waals surface area contributed by atoms with Crippen LogP contribution in [0.1, 0.15) is 17.3 Å². The Kier molecular flexibility index (Phi) is 3.65. The highest BCUT2D eigenvalue weighted by molar-refractivity contribution is 6.04. The van der Waals surface area contributed by atoms with Crippen LogP contribution in [0.5, 0.6) is 5.75 Å². The molecule has 0 radical (unpaired) electrons. The Bertz CT molecular complexity index is 594. The van der Waals surface area contributed by atoms with Crippen molar-refractivity contribution in [3.05, 3.63) is 30.1 Å². The highest BCUT2D eigenvalue weighted by atomic mass is 16.5. The molecule has 0 aliphatic heterocycles. The summed E-state index contributed by atoms with van der Waals surface area (Å²) in [5.74, 6) is 0.640. The van der Waals surface area contributed by atoms with E-state index in [9.17, 15) is 4.79 Å². The predicted molar refractivity (Wildman–Crippen MR) is 71.0 cm³/mol. The summed E-state index contributed by atoms with van der Waals surface area (Å²) in [6.07, 6.45) is 1.36. The summed E-state index contributed by atoms with van der Waals surface area (Å²) in [6.45, 7) is 2.39. The number of hydrogen-bond acceptors (Lipinski definition) is 5. The fraction of sp³-hybridized carbons (Fsp3) is 0.250. The number of aryl methyl sites for hydroxylation is 1. The minimum absolute atomic E-state index is 0.300. The van der Waals surface area contributed by atoms with E-state index >= 15 is 0 Å². The molecule has 7 heteroatoms. The molecule has 0 spiro atoms. The van der Waals surface area contributed by atoms with E-state index in [-0.39, 0.29) is 5.91 Å². The van der Waals surface area contributed by atoms with Crippen molar-refractivity contribution in [3.8, 4) is 5.75 Å². The number of benzene rings is 1. The van der Waals surface area contributed by atoms with Crippen LogP contribution in [0.15, 0.2) is 24.5 Å². The lowest BCUT2D eigenvalue weighted by Crippen LogP contribution is -2.15. The molecule has 2 aromatic rings. The molecule has 1 aromatic carbocycles. The van der Waals surface area contributed by atoms with Gasteiger partial charge >= 0.3 is 0 Å². The number of amides is 1. The lowest BCUT2D eigenvalue weighted by Gasteiger charge is -2.09. The van der Waals surface area contributed by atoms with Crippen LogP contribution in [0.3, 0.4) is 0 Å². The molecule has 3 N–H and O–H groups in total. The number of nitrogens with two attached hydrogens (primary N) is 1. The second kappa shape index (κ2) is 5.38. The molecule has 0 aliphatic carbocycles. The number of anilines is 2. The Hall–Kier alpha value is -2.57. The first kappa shape index (κ1) is 12.9. The largest absolute Gasteiger partial charge is 0.492 e. The van der Waals surface area contributed by atoms with Crippen molar-refractivity contribution >= 4 is 17.5 Å². The molecular weight excluding hydrogens is 246 g/mol. The molecule has 0 bridgehead atoms. The molecular formula is C12H15N5O2. The van der Waals surface area contributed by atoms with Gasteiger partial charge in [0.1, 0.15) is 12.1 Å². The minimum atomic E-state index is -0.300. The van der Waals surface area contributed by atoms with Crippen LogP contribution in [-0.2, 0) is 7.05 Å². The first-order chi connectivity index (χ1) is 9.11. The summed E-state index contributed by atoms with van der Waals surface area (Å²) in [5.41, 5.74) is 6.67. The Morgan fingerprint density at radius 3 is 2.89 bits per heavy atom. The van der Waals surface area contributed by atoms with Crippen LogP contribution >= 0.6 is 0 Å². The standard InChI is InChI=1S/C12H15N5O2/c1-3-19-10-5-4-8(6-9(10)13)11(18)16-12-14-7-15-17(12)2/h4-7H,3,13H2,1-2H3,(H,14,15,16,18). The van der Waals surface area contributed by atoms with Crippen LogP contribution in [-0.4, -0.2) is 27.3 Å². The van der Waals surface area contributed by atoms with Crippen LogP contribution in [0, 0.1) is 0 Å². The monoisotopic (exact) mass is 261 g/mol. The molecule has 0 unspecified atom stereocenters. The van der Waals surface area contributed by atoms with Gasteiger partial charge in [-0.3, -0.25) is 10.1 Å². The van der Waals surface area contributed by atoms with Crippen molar-refractivity contribution < 1.29 is 9.53 Å². The van der Waals surface area contributed by atoms with E-state index in [0.29, 0.717) is 29.6 Å². The summed E-state index contributed by atoms with van der Waals surface area (Å²) in [6, 6.07) is 4.88. The van der Waals surface area contributed by atoms with E-state index in [1.165, 1.54) is 11.0 Å². The van der Waals surface area contributed by atoms with Gasteiger partial charge in [0.25, 0.3) is 5.91 Å². The van der Waals surface area contributed by atoms with Crippen molar-refractivity contribution in [2.75, 3.05) is 17.7 Å². The number of carbonyl (C=O) groups is 1. The third kappa shape index (κ3) is 2.82. The van der Waals surface area contributed by atoms with Gasteiger partial charge in [-0.1, -0.05) is 0 Å². The second-order valence-corrected chi connectivity index (χ2v) is 3.85. The summed E-state index contributed by atoms with van der Waals surface area (Å²) in [7, 11) is 1.69. The van der Waals surface area contributed by atoms with Gasteiger partial charge in [0.2, 0.25) is 5.95 Å². The third-order valence-electron chi connectivity index (χ3n) is 2.51. The van der Waals surface area contributed by atoms with Crippen LogP contribution in [0.2, 0.25) is 0 Å². The maximum absolute atomic E-state index is 12.0. The van der Waals surface area contributed by atoms with E-state index in [2.05, 4.69) is 15.4 Å². The van der Waals surface area contributed by atoms with Gasteiger partial charge in [0.15, 0.2) is 0 Å². The average molecular weight is 261 g/mol. The molecule has 0 saturated carbocycles. The topological polar surface area (TPSA) is 95.1 Å². The molecule has 7 nitrogen and oxygen atoms in total. The molecule has 0 saturated heterocycles. The Morgan fingerprint density at radius 1 is 1.53 bits per heavy atom. The second-order valence-electron chi connectivity index (χ2n) is 3.85. The zero-order valence-electron chi connectivity index (χ0n) is 10.8. The number of ether oxygens (including phenoxy) is 1. The van der Waals surface area contributed by atoms with Crippen molar-refractivity contribution in [3.63, 3.8) is 0 Å². The van der Waals surface area contributed by atoms with Gasteiger partial charge in [0.05, 0.1) is 12.3 Å². The number of nitrogens with one attached hydrogen (secondary N) is 1. The summed E-state index contributed by atoms with van der Waals surface area (Å²) < 4.78 is 6.78. The first-order valence-electron chi connectivity index (χ1n) is 5.79. The Balaban J connectivity index is 2.16. The lowest BCUT2D eigenvalue weighted by molar-refractivity contribution is 0.102. The molecule has 19 heavy (non-hydrogen) atoms. The zero-order chi connectivity index (χ0) is 13.8. The molecule has 2 rings (SSSR count). The van der Waals surface area contributed by atoms with Gasteiger partial charge in [-0.2, -0.15) is 10.1 Å². The number of carbonyl (C=O) groups excluding carboxylic acids is 1. The van der Waals surface area contributed by atoms with Gasteiger partial charge in [-0.05, 0) is 25.1 Å². The summed E-state index contributed by atoms with van der Waals surface area (Å²) in [5, 5.41) is 6.50. The van der Waals surface area contributed by atoms with E-state index in [4.69, 9.17) is 10.5 Å². The predicted octanol–water partition coefficient (Wildman–Crippen LogP) is 1.05. The molecule has 1 heterocycles. The zero-order valence-corrected chi connectivity index (χ0v) is 10.8. The molecule has 0 fully saturated rings. The number of hydrogen-bond donors (Lipinski definition) is 2.